The summed E-state index contributed by atoms with van der Waals surface area (Å²) in [5.41, 5.74) is 0. The van der Waals surface area contributed by atoms with Crippen LogP contribution in [0.15, 0.2) is 85.1 Å². The highest BCUT2D eigenvalue weighted by atomic mass is 16.8. The van der Waals surface area contributed by atoms with Gasteiger partial charge in [-0.05, 0) is 83.5 Å². The molecule has 0 spiro atoms. The van der Waals surface area contributed by atoms with Crippen LogP contribution in [0.2, 0.25) is 0 Å². The number of allylic oxidation sites excluding steroid dienone is 13. The molecular weight excluding hydrogens is 1260 g/mol. The molecule has 19 nitrogen and oxygen atoms in total. The molecule has 17 unspecified atom stereocenters. The second-order valence-corrected chi connectivity index (χ2v) is 27.8. The summed E-state index contributed by atoms with van der Waals surface area (Å²) < 4.78 is 34.4. The third-order valence-corrected chi connectivity index (χ3v) is 19.2. The average Bonchev–Trinajstić information content (AvgIpc) is 0.577. The fourth-order valence-electron chi connectivity index (χ4n) is 12.9. The maximum Gasteiger partial charge on any atom is 0.220 e. The molecule has 3 aliphatic rings. The lowest BCUT2D eigenvalue weighted by Crippen LogP contribution is -2.66. The van der Waals surface area contributed by atoms with Gasteiger partial charge in [-0.2, -0.15) is 0 Å². The van der Waals surface area contributed by atoms with Crippen molar-refractivity contribution in [1.82, 2.24) is 5.32 Å². The number of aliphatic hydroxyl groups excluding tert-OH is 11. The molecule has 0 aromatic carbocycles. The fraction of sp³-hybridized carbons (Fsp3) is 0.812. The van der Waals surface area contributed by atoms with Gasteiger partial charge in [0.05, 0.1) is 38.6 Å². The molecule has 0 aromatic rings. The molecule has 0 bridgehead atoms. The number of nitrogens with one attached hydrogen (secondary N) is 1. The number of hydrogen-bond donors (Lipinski definition) is 12. The smallest absolute Gasteiger partial charge is 0.220 e. The Bertz CT molecular complexity index is 2120. The Morgan fingerprint density at radius 1 is 0.374 bits per heavy atom. The zero-order chi connectivity index (χ0) is 71.8. The lowest BCUT2D eigenvalue weighted by Gasteiger charge is -2.48. The third-order valence-electron chi connectivity index (χ3n) is 19.2. The predicted octanol–water partition coefficient (Wildman–Crippen LogP) is 12.6. The van der Waals surface area contributed by atoms with Crippen molar-refractivity contribution >= 4 is 5.91 Å². The van der Waals surface area contributed by atoms with Crippen LogP contribution >= 0.6 is 0 Å². The van der Waals surface area contributed by atoms with E-state index in [0.717, 1.165) is 70.6 Å². The summed E-state index contributed by atoms with van der Waals surface area (Å²) >= 11 is 0. The SMILES string of the molecule is CC/C=C\C/C=C\C/C=C\C/C=C\CCCCCCCCCCCCCCCCCCCCC(=O)NC(COC1OC(CO)C(OC2OC(CO)C(OC3OC(CO)C(O)C(O)C3O)C(O)C2O)C(O)C1O)C(O)/C=C/CC/C=C/CC/C=C/CCCCCCCCCCCCCCC. The molecule has 12 N–H and O–H groups in total. The van der Waals surface area contributed by atoms with Gasteiger partial charge in [0.25, 0.3) is 0 Å². The summed E-state index contributed by atoms with van der Waals surface area (Å²) in [6.45, 7) is 1.62. The van der Waals surface area contributed by atoms with E-state index in [1.165, 1.54) is 180 Å². The molecular formula is C80H141NO18. The molecule has 3 heterocycles. The maximum atomic E-state index is 13.5. The van der Waals surface area contributed by atoms with Crippen molar-refractivity contribution in [2.24, 2.45) is 0 Å². The molecule has 99 heavy (non-hydrogen) atoms. The Hall–Kier alpha value is -3.03. The summed E-state index contributed by atoms with van der Waals surface area (Å²) in [6, 6.07) is -1.00. The molecule has 3 saturated heterocycles. The van der Waals surface area contributed by atoms with Crippen LogP contribution < -0.4 is 5.32 Å². The number of rotatable bonds is 61. The van der Waals surface area contributed by atoms with Crippen molar-refractivity contribution in [1.29, 1.82) is 0 Å². The van der Waals surface area contributed by atoms with Crippen LogP contribution in [0.4, 0.5) is 0 Å². The van der Waals surface area contributed by atoms with Gasteiger partial charge in [0.1, 0.15) is 73.2 Å². The molecule has 1 amide bonds. The standard InChI is InChI=1S/C80H141NO18/c1-3-5-7-9-11-13-15-17-19-21-23-25-27-28-29-30-31-32-33-34-36-38-40-42-44-46-48-50-52-54-56-58-68(86)81-63(64(85)57-55-53-51-49-47-45-43-41-39-37-35-26-24-22-20-18-16-14-12-10-8-6-4-2)62-94-78-74(92)71(89)76(66(60-83)96-78)99-80-75(93)72(90)77(67(61-84)97-80)98-79-73(91)70(88)69(87)65(59-82)95-79/h5,7,11,13,17,19,23,25,39,41,47,49,55,57,63-67,69-80,82-85,87-93H,3-4,6,8-10,12,14-16,18,20-22,24,26-38,40,42-46,48,50-54,56,58-62H2,1-2H3,(H,81,86)/b7-5-,13-11-,19-17-,25-23-,41-39+,49-47+,57-55+. The van der Waals surface area contributed by atoms with Crippen LogP contribution in [0.5, 0.6) is 0 Å². The first kappa shape index (κ1) is 90.2. The van der Waals surface area contributed by atoms with E-state index in [4.69, 9.17) is 28.4 Å². The van der Waals surface area contributed by atoms with Gasteiger partial charge in [0.2, 0.25) is 5.91 Å². The Kier molecular flexibility index (Phi) is 54.9. The molecule has 3 rings (SSSR count). The van der Waals surface area contributed by atoms with Gasteiger partial charge in [-0.3, -0.25) is 4.79 Å². The van der Waals surface area contributed by atoms with Crippen molar-refractivity contribution in [2.45, 2.75) is 388 Å². The van der Waals surface area contributed by atoms with E-state index in [9.17, 15) is 61.0 Å². The number of carbonyl (C=O) groups is 1. The maximum absolute atomic E-state index is 13.5. The molecule has 17 atom stereocenters. The van der Waals surface area contributed by atoms with Gasteiger partial charge in [0, 0.05) is 6.42 Å². The first-order valence-electron chi connectivity index (χ1n) is 39.3. The summed E-state index contributed by atoms with van der Waals surface area (Å²) in [6.07, 6.45) is 52.8. The molecule has 574 valence electrons. The second kappa shape index (κ2) is 60.3. The highest BCUT2D eigenvalue weighted by Crippen LogP contribution is 2.33. The van der Waals surface area contributed by atoms with Gasteiger partial charge in [0.15, 0.2) is 18.9 Å². The first-order valence-corrected chi connectivity index (χ1v) is 39.3. The van der Waals surface area contributed by atoms with Crippen LogP contribution in [-0.4, -0.2) is 193 Å². The Balaban J connectivity index is 1.39. The van der Waals surface area contributed by atoms with Crippen LogP contribution in [0.3, 0.4) is 0 Å². The molecule has 3 aliphatic heterocycles. The number of hydrogen-bond acceptors (Lipinski definition) is 18. The number of aliphatic hydroxyl groups is 11. The summed E-state index contributed by atoms with van der Waals surface area (Å²) in [7, 11) is 0. The molecule has 19 heteroatoms. The minimum atomic E-state index is -1.99. The molecule has 0 aliphatic carbocycles. The highest BCUT2D eigenvalue weighted by molar-refractivity contribution is 5.76. The van der Waals surface area contributed by atoms with Gasteiger partial charge in [-0.25, -0.2) is 0 Å². The van der Waals surface area contributed by atoms with E-state index in [1.807, 2.05) is 6.08 Å². The van der Waals surface area contributed by atoms with E-state index < -0.39 is 124 Å². The van der Waals surface area contributed by atoms with Crippen LogP contribution in [0, 0.1) is 0 Å². The number of amides is 1. The first-order chi connectivity index (χ1) is 48.3. The summed E-state index contributed by atoms with van der Waals surface area (Å²) in [5.74, 6) is -0.288. The number of ether oxygens (including phenoxy) is 6. The monoisotopic (exact) mass is 1400 g/mol. The van der Waals surface area contributed by atoms with E-state index >= 15 is 0 Å². The Morgan fingerprint density at radius 3 is 1.13 bits per heavy atom. The highest BCUT2D eigenvalue weighted by Gasteiger charge is 2.53. The largest absolute Gasteiger partial charge is 0.394 e. The van der Waals surface area contributed by atoms with Crippen LogP contribution in [0.25, 0.3) is 0 Å². The van der Waals surface area contributed by atoms with Crippen molar-refractivity contribution in [3.8, 4) is 0 Å². The molecule has 0 aromatic heterocycles. The third kappa shape index (κ3) is 40.7. The van der Waals surface area contributed by atoms with E-state index in [1.54, 1.807) is 6.08 Å². The molecule has 0 saturated carbocycles. The molecule has 0 radical (unpaired) electrons. The zero-order valence-electron chi connectivity index (χ0n) is 61.2. The Labute approximate surface area is 597 Å². The van der Waals surface area contributed by atoms with Crippen molar-refractivity contribution in [3.05, 3.63) is 85.1 Å². The quantitative estimate of drug-likeness (QED) is 0.0199. The second-order valence-electron chi connectivity index (χ2n) is 27.8. The average molecular weight is 1400 g/mol. The number of unbranched alkanes of at least 4 members (excludes halogenated alkanes) is 33. The van der Waals surface area contributed by atoms with Crippen LogP contribution in [-0.2, 0) is 33.2 Å². The Morgan fingerprint density at radius 2 is 0.707 bits per heavy atom. The topological polar surface area (TPSA) is 307 Å². The van der Waals surface area contributed by atoms with Gasteiger partial charge in [-0.1, -0.05) is 279 Å². The van der Waals surface area contributed by atoms with Crippen molar-refractivity contribution in [2.75, 3.05) is 26.4 Å². The van der Waals surface area contributed by atoms with Gasteiger partial charge in [-0.15, -0.1) is 0 Å². The van der Waals surface area contributed by atoms with Crippen molar-refractivity contribution < 1.29 is 89.4 Å². The van der Waals surface area contributed by atoms with Gasteiger partial charge < -0.3 is 89.9 Å². The fourth-order valence-corrected chi connectivity index (χ4v) is 12.9. The summed E-state index contributed by atoms with van der Waals surface area (Å²) in [5, 5.41) is 121. The predicted molar refractivity (Wildman–Crippen MR) is 392 cm³/mol. The lowest BCUT2D eigenvalue weighted by molar-refractivity contribution is -0.379. The van der Waals surface area contributed by atoms with Crippen molar-refractivity contribution in [3.63, 3.8) is 0 Å². The minimum Gasteiger partial charge on any atom is -0.394 e. The van der Waals surface area contributed by atoms with Gasteiger partial charge >= 0.3 is 0 Å². The zero-order valence-corrected chi connectivity index (χ0v) is 61.2. The normalized spacial score (nSPS) is 27.1. The minimum absolute atomic E-state index is 0.230. The number of carbonyl (C=O) groups excluding carboxylic acids is 1. The molecule has 3 fully saturated rings. The summed E-state index contributed by atoms with van der Waals surface area (Å²) in [4.78, 5) is 13.5. The van der Waals surface area contributed by atoms with E-state index in [2.05, 4.69) is 92.1 Å². The van der Waals surface area contributed by atoms with E-state index in [0.29, 0.717) is 12.8 Å². The lowest BCUT2D eigenvalue weighted by atomic mass is 9.96. The van der Waals surface area contributed by atoms with Crippen LogP contribution in [0.1, 0.15) is 284 Å². The van der Waals surface area contributed by atoms with E-state index in [-0.39, 0.29) is 18.9 Å².